The summed E-state index contributed by atoms with van der Waals surface area (Å²) in [5, 5.41) is 0. The number of hydrogen-bond donors (Lipinski definition) is 0. The maximum Gasteiger partial charge on any atom is 0.113 e. The van der Waals surface area contributed by atoms with Gasteiger partial charge >= 0.3 is 0 Å². The van der Waals surface area contributed by atoms with E-state index in [4.69, 9.17) is 0 Å². The molecular formula is C24H20S4. The predicted molar refractivity (Wildman–Crippen MR) is 131 cm³/mol. The Kier molecular flexibility index (Phi) is 4.01. The number of hydrogen-bond acceptors (Lipinski definition) is 4. The molecule has 6 rings (SSSR count). The van der Waals surface area contributed by atoms with E-state index in [0.29, 0.717) is 0 Å². The first kappa shape index (κ1) is 17.9. The molecule has 4 heteroatoms. The van der Waals surface area contributed by atoms with Crippen molar-refractivity contribution in [1.82, 2.24) is 0 Å². The average Bonchev–Trinajstić information content (AvgIpc) is 3.42. The van der Waals surface area contributed by atoms with Crippen LogP contribution in [0.3, 0.4) is 0 Å². The zero-order valence-electron chi connectivity index (χ0n) is 15.8. The van der Waals surface area contributed by atoms with Gasteiger partial charge in [-0.3, -0.25) is 0 Å². The van der Waals surface area contributed by atoms with Crippen molar-refractivity contribution in [2.75, 3.05) is 24.0 Å². The lowest BCUT2D eigenvalue weighted by Crippen LogP contribution is -2.16. The quantitative estimate of drug-likeness (QED) is 0.388. The van der Waals surface area contributed by atoms with Crippen LogP contribution in [0, 0.1) is 0 Å². The van der Waals surface area contributed by atoms with E-state index in [2.05, 4.69) is 96.7 Å². The van der Waals surface area contributed by atoms with Gasteiger partial charge in [-0.1, -0.05) is 48.5 Å². The third-order valence-corrected chi connectivity index (χ3v) is 12.8. The average molecular weight is 437 g/mol. The Balaban J connectivity index is 1.70. The van der Waals surface area contributed by atoms with Crippen molar-refractivity contribution in [3.8, 4) is 22.3 Å². The van der Waals surface area contributed by atoms with Gasteiger partial charge < -0.3 is 0 Å². The molecule has 1 saturated heterocycles. The molecule has 0 nitrogen and oxygen atoms in total. The van der Waals surface area contributed by atoms with Crippen LogP contribution in [-0.4, -0.2) is 24.0 Å². The summed E-state index contributed by atoms with van der Waals surface area (Å²) in [6.45, 7) is 0. The van der Waals surface area contributed by atoms with E-state index in [9.17, 15) is 0 Å². The van der Waals surface area contributed by atoms with Crippen molar-refractivity contribution in [1.29, 1.82) is 0 Å². The number of benzene rings is 3. The molecule has 140 valence electrons. The van der Waals surface area contributed by atoms with Gasteiger partial charge in [0, 0.05) is 11.5 Å². The smallest absolute Gasteiger partial charge is 0.113 e. The van der Waals surface area contributed by atoms with Crippen LogP contribution in [0.4, 0.5) is 0 Å². The molecule has 0 unspecified atom stereocenters. The Morgan fingerprint density at radius 1 is 0.643 bits per heavy atom. The summed E-state index contributed by atoms with van der Waals surface area (Å²) in [6.07, 6.45) is 4.52. The third kappa shape index (κ3) is 2.05. The van der Waals surface area contributed by atoms with Crippen LogP contribution in [0.2, 0.25) is 0 Å². The predicted octanol–water partition coefficient (Wildman–Crippen LogP) is 7.26. The van der Waals surface area contributed by atoms with Crippen LogP contribution in [0.5, 0.6) is 0 Å². The van der Waals surface area contributed by atoms with Gasteiger partial charge in [-0.2, -0.15) is 0 Å². The lowest BCUT2D eigenvalue weighted by atomic mass is 9.98. The standard InChI is InChI=1S/C24H20S4/c1-25-23(26-2)19-9-5-3-7-15(19)17-14-22-18(13-21(17)23)16-8-4-6-10-20(16)24(22)27-11-12-28-24/h3-10,13-14H,11-12H2,1-2H3. The van der Waals surface area contributed by atoms with Crippen molar-refractivity contribution in [2.45, 2.75) is 8.16 Å². The molecule has 0 bridgehead atoms. The third-order valence-electron chi connectivity index (χ3n) is 6.28. The lowest BCUT2D eigenvalue weighted by Gasteiger charge is -2.29. The SMILES string of the molecule is CSC1(SC)c2ccccc2-c2cc3c(cc21)-c1ccccc1C31SCCS1. The molecule has 1 fully saturated rings. The highest BCUT2D eigenvalue weighted by atomic mass is 32.2. The van der Waals surface area contributed by atoms with E-state index >= 15 is 0 Å². The van der Waals surface area contributed by atoms with Crippen LogP contribution in [0.15, 0.2) is 60.7 Å². The maximum absolute atomic E-state index is 2.54. The fourth-order valence-electron chi connectivity index (χ4n) is 5.14. The minimum absolute atomic E-state index is 0.0123. The summed E-state index contributed by atoms with van der Waals surface area (Å²) in [5.74, 6) is 2.46. The molecule has 0 N–H and O–H groups in total. The van der Waals surface area contributed by atoms with Gasteiger partial charge in [0.25, 0.3) is 0 Å². The van der Waals surface area contributed by atoms with Crippen molar-refractivity contribution in [2.24, 2.45) is 0 Å². The van der Waals surface area contributed by atoms with Crippen molar-refractivity contribution in [3.05, 3.63) is 82.9 Å². The van der Waals surface area contributed by atoms with Crippen molar-refractivity contribution in [3.63, 3.8) is 0 Å². The summed E-state index contributed by atoms with van der Waals surface area (Å²) in [4.78, 5) is 0. The first-order valence-electron chi connectivity index (χ1n) is 9.52. The molecule has 2 aliphatic carbocycles. The van der Waals surface area contributed by atoms with Gasteiger partial charge in [0.15, 0.2) is 0 Å². The van der Waals surface area contributed by atoms with Gasteiger partial charge in [0.2, 0.25) is 0 Å². The van der Waals surface area contributed by atoms with E-state index in [0.717, 1.165) is 0 Å². The fraction of sp³-hybridized carbons (Fsp3) is 0.250. The van der Waals surface area contributed by atoms with E-state index in [1.165, 1.54) is 56.0 Å². The largest absolute Gasteiger partial charge is 0.138 e. The van der Waals surface area contributed by atoms with Crippen LogP contribution < -0.4 is 0 Å². The monoisotopic (exact) mass is 436 g/mol. The molecular weight excluding hydrogens is 417 g/mol. The highest BCUT2D eigenvalue weighted by Gasteiger charge is 2.50. The van der Waals surface area contributed by atoms with E-state index in [-0.39, 0.29) is 8.16 Å². The summed E-state index contributed by atoms with van der Waals surface area (Å²) < 4.78 is 0.0709. The Hall–Kier alpha value is -0.940. The number of rotatable bonds is 2. The Bertz CT molecular complexity index is 1030. The highest BCUT2D eigenvalue weighted by Crippen LogP contribution is 2.67. The molecule has 1 heterocycles. The summed E-state index contributed by atoms with van der Waals surface area (Å²) >= 11 is 8.19. The molecule has 0 saturated carbocycles. The molecule has 0 amide bonds. The van der Waals surface area contributed by atoms with E-state index < -0.39 is 0 Å². The maximum atomic E-state index is 2.54. The van der Waals surface area contributed by atoms with Gasteiger partial charge in [0.05, 0.1) is 0 Å². The molecule has 0 atom stereocenters. The van der Waals surface area contributed by atoms with Crippen molar-refractivity contribution >= 4 is 47.0 Å². The van der Waals surface area contributed by atoms with Crippen LogP contribution in [-0.2, 0) is 8.16 Å². The zero-order chi connectivity index (χ0) is 18.9. The highest BCUT2D eigenvalue weighted by molar-refractivity contribution is 8.21. The zero-order valence-corrected chi connectivity index (χ0v) is 19.1. The van der Waals surface area contributed by atoms with Gasteiger partial charge in [-0.25, -0.2) is 0 Å². The molecule has 0 radical (unpaired) electrons. The molecule has 3 aromatic rings. The second-order valence-corrected chi connectivity index (χ2v) is 12.5. The Labute approximate surface area is 183 Å². The normalized spacial score (nSPS) is 19.4. The summed E-state index contributed by atoms with van der Waals surface area (Å²) in [6, 6.07) is 23.2. The summed E-state index contributed by atoms with van der Waals surface area (Å²) in [7, 11) is 0. The van der Waals surface area contributed by atoms with Crippen LogP contribution in [0.1, 0.15) is 22.3 Å². The second kappa shape index (κ2) is 6.28. The Morgan fingerprint density at radius 3 is 1.86 bits per heavy atom. The first-order chi connectivity index (χ1) is 13.7. The topological polar surface area (TPSA) is 0 Å². The van der Waals surface area contributed by atoms with Crippen LogP contribution in [0.25, 0.3) is 22.3 Å². The summed E-state index contributed by atoms with van der Waals surface area (Å²) in [5.41, 5.74) is 11.7. The first-order valence-corrected chi connectivity index (χ1v) is 13.9. The second-order valence-electron chi connectivity index (χ2n) is 7.37. The minimum atomic E-state index is -0.0123. The van der Waals surface area contributed by atoms with Crippen molar-refractivity contribution < 1.29 is 0 Å². The van der Waals surface area contributed by atoms with Gasteiger partial charge in [0.1, 0.15) is 8.16 Å². The molecule has 3 aromatic carbocycles. The molecule has 1 aliphatic heterocycles. The van der Waals surface area contributed by atoms with Gasteiger partial charge in [-0.05, 0) is 69.2 Å². The van der Waals surface area contributed by atoms with E-state index in [1.807, 2.05) is 23.5 Å². The molecule has 3 aliphatic rings. The van der Waals surface area contributed by atoms with E-state index in [1.54, 1.807) is 0 Å². The van der Waals surface area contributed by atoms with Crippen LogP contribution >= 0.6 is 47.0 Å². The van der Waals surface area contributed by atoms with Gasteiger partial charge in [-0.15, -0.1) is 47.0 Å². The lowest BCUT2D eigenvalue weighted by molar-refractivity contribution is 1.12. The molecule has 28 heavy (non-hydrogen) atoms. The number of fused-ring (bicyclic) bond motifs is 8. The minimum Gasteiger partial charge on any atom is -0.138 e. The number of thioether (sulfide) groups is 4. The molecule has 0 aromatic heterocycles. The Morgan fingerprint density at radius 2 is 1.18 bits per heavy atom. The fourth-order valence-corrected chi connectivity index (χ4v) is 10.8. The molecule has 1 spiro atoms.